The molecule has 96 valence electrons. The maximum atomic E-state index is 12.1. The number of rotatable bonds is 3. The van der Waals surface area contributed by atoms with Crippen LogP contribution in [0.2, 0.25) is 5.22 Å². The van der Waals surface area contributed by atoms with E-state index in [2.05, 4.69) is 5.32 Å². The third-order valence-electron chi connectivity index (χ3n) is 2.86. The van der Waals surface area contributed by atoms with Crippen LogP contribution in [0.1, 0.15) is 23.4 Å². The molecule has 0 aliphatic carbocycles. The van der Waals surface area contributed by atoms with Gasteiger partial charge in [-0.2, -0.15) is 0 Å². The van der Waals surface area contributed by atoms with Crippen molar-refractivity contribution in [2.45, 2.75) is 18.9 Å². The molecule has 0 aromatic carbocycles. The molecule has 1 fully saturated rings. The fourth-order valence-corrected chi connectivity index (χ4v) is 2.27. The molecule has 2 heterocycles. The van der Waals surface area contributed by atoms with Gasteiger partial charge in [0.05, 0.1) is 0 Å². The molecule has 0 saturated carbocycles. The van der Waals surface area contributed by atoms with Crippen molar-refractivity contribution in [2.75, 3.05) is 20.1 Å². The maximum absolute atomic E-state index is 12.1. The first-order valence-electron chi connectivity index (χ1n) is 5.43. The summed E-state index contributed by atoms with van der Waals surface area (Å²) in [5, 5.41) is 3.36. The number of hydrogen-bond donors (Lipinski definition) is 1. The lowest BCUT2D eigenvalue weighted by Crippen LogP contribution is -2.40. The Labute approximate surface area is 112 Å². The summed E-state index contributed by atoms with van der Waals surface area (Å²) < 4.78 is 5.14. The van der Waals surface area contributed by atoms with Crippen LogP contribution >= 0.6 is 24.0 Å². The van der Waals surface area contributed by atoms with Crippen LogP contribution in [0.4, 0.5) is 0 Å². The zero-order valence-corrected chi connectivity index (χ0v) is 11.2. The highest BCUT2D eigenvalue weighted by atomic mass is 35.5. The number of hydrogen-bond acceptors (Lipinski definition) is 3. The lowest BCUT2D eigenvalue weighted by Gasteiger charge is -2.23. The molecule has 1 aliphatic heterocycles. The fourth-order valence-electron chi connectivity index (χ4n) is 2.12. The molecule has 17 heavy (non-hydrogen) atoms. The quantitative estimate of drug-likeness (QED) is 0.922. The minimum Gasteiger partial charge on any atom is -0.440 e. The first-order valence-corrected chi connectivity index (χ1v) is 5.81. The number of nitrogens with one attached hydrogen (secondary N) is 1. The Morgan fingerprint density at radius 1 is 1.65 bits per heavy atom. The molecular formula is C11H16Cl2N2O2. The molecule has 1 N–H and O–H groups in total. The molecule has 1 unspecified atom stereocenters. The van der Waals surface area contributed by atoms with Gasteiger partial charge in [-0.3, -0.25) is 4.79 Å². The number of likely N-dealkylation sites (tertiary alicyclic amines) is 1. The van der Waals surface area contributed by atoms with Crippen LogP contribution in [0.15, 0.2) is 16.5 Å². The van der Waals surface area contributed by atoms with E-state index in [9.17, 15) is 4.79 Å². The van der Waals surface area contributed by atoms with Crippen LogP contribution < -0.4 is 5.32 Å². The second kappa shape index (κ2) is 6.28. The molecule has 6 heteroatoms. The molecule has 1 saturated heterocycles. The number of nitrogens with zero attached hydrogens (tertiary/aromatic N) is 1. The molecule has 1 atom stereocenters. The van der Waals surface area contributed by atoms with Crippen LogP contribution in [0.3, 0.4) is 0 Å². The summed E-state index contributed by atoms with van der Waals surface area (Å²) in [7, 11) is 1.89. The van der Waals surface area contributed by atoms with Crippen molar-refractivity contribution in [1.29, 1.82) is 0 Å². The summed E-state index contributed by atoms with van der Waals surface area (Å²) in [4.78, 5) is 13.9. The highest BCUT2D eigenvalue weighted by molar-refractivity contribution is 6.29. The van der Waals surface area contributed by atoms with E-state index in [-0.39, 0.29) is 29.6 Å². The predicted molar refractivity (Wildman–Crippen MR) is 69.0 cm³/mol. The molecule has 0 radical (unpaired) electrons. The highest BCUT2D eigenvalue weighted by Crippen LogP contribution is 2.21. The van der Waals surface area contributed by atoms with Crippen LogP contribution in [0.25, 0.3) is 0 Å². The van der Waals surface area contributed by atoms with E-state index >= 15 is 0 Å². The Morgan fingerprint density at radius 2 is 2.41 bits per heavy atom. The van der Waals surface area contributed by atoms with Gasteiger partial charge in [-0.15, -0.1) is 12.4 Å². The number of carbonyl (C=O) groups excluding carboxylic acids is 1. The summed E-state index contributed by atoms with van der Waals surface area (Å²) in [6, 6.07) is 3.48. The number of likely N-dealkylation sites (N-methyl/N-ethyl adjacent to an activating group) is 1. The standard InChI is InChI=1S/C11H15ClN2O2.ClH/c1-13-7-8-3-2-6-14(8)11(15)9-4-5-10(12)16-9;/h4-5,8,13H,2-3,6-7H2,1H3;1H. The zero-order chi connectivity index (χ0) is 11.5. The van der Waals surface area contributed by atoms with E-state index in [4.69, 9.17) is 16.0 Å². The SMILES string of the molecule is CNCC1CCCN1C(=O)c1ccc(Cl)o1.Cl. The van der Waals surface area contributed by atoms with Crippen molar-refractivity contribution in [3.05, 3.63) is 23.1 Å². The van der Waals surface area contributed by atoms with E-state index in [0.29, 0.717) is 5.76 Å². The monoisotopic (exact) mass is 278 g/mol. The van der Waals surface area contributed by atoms with Crippen molar-refractivity contribution in [3.8, 4) is 0 Å². The minimum absolute atomic E-state index is 0. The van der Waals surface area contributed by atoms with Crippen LogP contribution in [-0.2, 0) is 0 Å². The van der Waals surface area contributed by atoms with Gasteiger partial charge >= 0.3 is 0 Å². The molecule has 1 aliphatic rings. The van der Waals surface area contributed by atoms with Crippen LogP contribution in [0.5, 0.6) is 0 Å². The molecule has 2 rings (SSSR count). The Balaban J connectivity index is 0.00000144. The van der Waals surface area contributed by atoms with Crippen LogP contribution in [-0.4, -0.2) is 37.0 Å². The van der Waals surface area contributed by atoms with Gasteiger partial charge in [0.25, 0.3) is 5.91 Å². The predicted octanol–water partition coefficient (Wildman–Crippen LogP) is 2.18. The highest BCUT2D eigenvalue weighted by Gasteiger charge is 2.30. The Bertz CT molecular complexity index is 381. The topological polar surface area (TPSA) is 45.5 Å². The van der Waals surface area contributed by atoms with E-state index in [1.807, 2.05) is 11.9 Å². The van der Waals surface area contributed by atoms with E-state index in [0.717, 1.165) is 25.9 Å². The van der Waals surface area contributed by atoms with Gasteiger partial charge in [-0.1, -0.05) is 0 Å². The summed E-state index contributed by atoms with van der Waals surface area (Å²) in [5.74, 6) is 0.262. The fraction of sp³-hybridized carbons (Fsp3) is 0.545. The average molecular weight is 279 g/mol. The second-order valence-corrected chi connectivity index (χ2v) is 4.33. The number of furan rings is 1. The van der Waals surface area contributed by atoms with Gasteiger partial charge in [0.15, 0.2) is 11.0 Å². The van der Waals surface area contributed by atoms with Crippen LogP contribution in [0, 0.1) is 0 Å². The van der Waals surface area contributed by atoms with E-state index in [1.165, 1.54) is 0 Å². The minimum atomic E-state index is -0.0651. The normalized spacial score (nSPS) is 19.2. The molecule has 1 aromatic rings. The van der Waals surface area contributed by atoms with Gasteiger partial charge in [0, 0.05) is 19.1 Å². The number of carbonyl (C=O) groups is 1. The molecule has 4 nitrogen and oxygen atoms in total. The van der Waals surface area contributed by atoms with Crippen molar-refractivity contribution < 1.29 is 9.21 Å². The Kier molecular flexibility index (Phi) is 5.31. The van der Waals surface area contributed by atoms with Gasteiger partial charge in [-0.05, 0) is 43.6 Å². The molecule has 1 amide bonds. The first kappa shape index (κ1) is 14.4. The number of halogens is 2. The smallest absolute Gasteiger partial charge is 0.289 e. The lowest BCUT2D eigenvalue weighted by atomic mass is 10.2. The molecular weight excluding hydrogens is 263 g/mol. The average Bonchev–Trinajstić information content (AvgIpc) is 2.87. The lowest BCUT2D eigenvalue weighted by molar-refractivity contribution is 0.0705. The van der Waals surface area contributed by atoms with Crippen molar-refractivity contribution in [1.82, 2.24) is 10.2 Å². The third-order valence-corrected chi connectivity index (χ3v) is 3.06. The van der Waals surface area contributed by atoms with E-state index in [1.54, 1.807) is 12.1 Å². The summed E-state index contributed by atoms with van der Waals surface area (Å²) in [6.07, 6.45) is 2.09. The van der Waals surface area contributed by atoms with Crippen molar-refractivity contribution in [3.63, 3.8) is 0 Å². The number of amides is 1. The van der Waals surface area contributed by atoms with Gasteiger partial charge in [-0.25, -0.2) is 0 Å². The summed E-state index contributed by atoms with van der Waals surface area (Å²) in [6.45, 7) is 1.61. The maximum Gasteiger partial charge on any atom is 0.289 e. The van der Waals surface area contributed by atoms with Gasteiger partial charge in [0.1, 0.15) is 0 Å². The zero-order valence-electron chi connectivity index (χ0n) is 9.61. The molecule has 1 aromatic heterocycles. The third kappa shape index (κ3) is 3.15. The van der Waals surface area contributed by atoms with Gasteiger partial charge in [0.2, 0.25) is 0 Å². The molecule has 0 spiro atoms. The second-order valence-electron chi connectivity index (χ2n) is 3.96. The molecule has 0 bridgehead atoms. The van der Waals surface area contributed by atoms with E-state index < -0.39 is 0 Å². The summed E-state index contributed by atoms with van der Waals surface area (Å²) in [5.41, 5.74) is 0. The Hall–Kier alpha value is -0.710. The summed E-state index contributed by atoms with van der Waals surface area (Å²) >= 11 is 5.66. The largest absolute Gasteiger partial charge is 0.440 e. The van der Waals surface area contributed by atoms with Crippen molar-refractivity contribution in [2.24, 2.45) is 0 Å². The van der Waals surface area contributed by atoms with Gasteiger partial charge < -0.3 is 14.6 Å². The first-order chi connectivity index (χ1) is 7.72. The van der Waals surface area contributed by atoms with Crippen molar-refractivity contribution >= 4 is 29.9 Å². The Morgan fingerprint density at radius 3 is 3.00 bits per heavy atom.